The molecule has 136 valence electrons. The van der Waals surface area contributed by atoms with Gasteiger partial charge in [-0.3, -0.25) is 4.99 Å². The molecule has 0 aromatic rings. The number of nitrogens with zero attached hydrogens (tertiary/aromatic N) is 2. The Labute approximate surface area is 159 Å². The van der Waals surface area contributed by atoms with Gasteiger partial charge in [0.25, 0.3) is 0 Å². The Morgan fingerprint density at radius 2 is 1.87 bits per heavy atom. The lowest BCUT2D eigenvalue weighted by Crippen LogP contribution is -2.43. The minimum atomic E-state index is 0. The normalized spacial score (nSPS) is 26.5. The Morgan fingerprint density at radius 3 is 2.52 bits per heavy atom. The predicted octanol–water partition coefficient (Wildman–Crippen LogP) is 3.75. The molecule has 0 spiro atoms. The standard InChI is InChI=1S/C18H35N3O.HI/c1-15-6-4-5-7-17(15)14-20-18(19-2)21(3)11-8-16-9-12-22-13-10-16;/h15-17H,4-14H2,1-3H3,(H,19,20);1H. The fraction of sp³-hybridized carbons (Fsp3) is 0.944. The smallest absolute Gasteiger partial charge is 0.193 e. The monoisotopic (exact) mass is 437 g/mol. The van der Waals surface area contributed by atoms with E-state index in [1.54, 1.807) is 0 Å². The van der Waals surface area contributed by atoms with E-state index in [1.165, 1.54) is 44.9 Å². The van der Waals surface area contributed by atoms with Crippen molar-refractivity contribution in [3.05, 3.63) is 0 Å². The molecule has 4 nitrogen and oxygen atoms in total. The van der Waals surface area contributed by atoms with Crippen LogP contribution in [0.2, 0.25) is 0 Å². The van der Waals surface area contributed by atoms with Crippen molar-refractivity contribution in [1.82, 2.24) is 10.2 Å². The minimum absolute atomic E-state index is 0. The van der Waals surface area contributed by atoms with Crippen LogP contribution in [0, 0.1) is 17.8 Å². The van der Waals surface area contributed by atoms with Crippen LogP contribution in [0.1, 0.15) is 51.9 Å². The predicted molar refractivity (Wildman–Crippen MR) is 109 cm³/mol. The van der Waals surface area contributed by atoms with Crippen molar-refractivity contribution in [3.63, 3.8) is 0 Å². The highest BCUT2D eigenvalue weighted by Crippen LogP contribution is 2.28. The van der Waals surface area contributed by atoms with Crippen LogP contribution in [0.4, 0.5) is 0 Å². The Bertz CT molecular complexity index is 345. The molecule has 1 aliphatic carbocycles. The molecular weight excluding hydrogens is 401 g/mol. The van der Waals surface area contributed by atoms with Gasteiger partial charge in [0.1, 0.15) is 0 Å². The average Bonchev–Trinajstić information content (AvgIpc) is 2.56. The summed E-state index contributed by atoms with van der Waals surface area (Å²) in [6.07, 6.45) is 9.27. The zero-order chi connectivity index (χ0) is 15.8. The SMILES string of the molecule is CN=C(NCC1CCCCC1C)N(C)CCC1CCOCC1.I. The van der Waals surface area contributed by atoms with Gasteiger partial charge in [0.15, 0.2) is 5.96 Å². The summed E-state index contributed by atoms with van der Waals surface area (Å²) in [7, 11) is 4.07. The molecule has 2 atom stereocenters. The summed E-state index contributed by atoms with van der Waals surface area (Å²) in [5, 5.41) is 3.61. The first-order valence-electron chi connectivity index (χ1n) is 9.20. The minimum Gasteiger partial charge on any atom is -0.381 e. The fourth-order valence-corrected chi connectivity index (χ4v) is 3.82. The summed E-state index contributed by atoms with van der Waals surface area (Å²) >= 11 is 0. The van der Waals surface area contributed by atoms with Gasteiger partial charge in [-0.1, -0.05) is 26.2 Å². The fourth-order valence-electron chi connectivity index (χ4n) is 3.82. The number of guanidine groups is 1. The number of halogens is 1. The Hall–Kier alpha value is -0.0400. The number of rotatable bonds is 5. The van der Waals surface area contributed by atoms with Gasteiger partial charge >= 0.3 is 0 Å². The first-order valence-corrected chi connectivity index (χ1v) is 9.20. The van der Waals surface area contributed by atoms with E-state index in [2.05, 4.69) is 29.2 Å². The highest BCUT2D eigenvalue weighted by Gasteiger charge is 2.22. The second-order valence-corrected chi connectivity index (χ2v) is 7.22. The number of nitrogens with one attached hydrogen (secondary N) is 1. The van der Waals surface area contributed by atoms with Crippen LogP contribution in [0.15, 0.2) is 4.99 Å². The summed E-state index contributed by atoms with van der Waals surface area (Å²) in [5.41, 5.74) is 0. The molecule has 2 unspecified atom stereocenters. The van der Waals surface area contributed by atoms with Gasteiger partial charge in [-0.05, 0) is 43.4 Å². The maximum atomic E-state index is 5.44. The summed E-state index contributed by atoms with van der Waals surface area (Å²) in [5.74, 6) is 3.55. The number of hydrogen-bond acceptors (Lipinski definition) is 2. The topological polar surface area (TPSA) is 36.9 Å². The largest absolute Gasteiger partial charge is 0.381 e. The van der Waals surface area contributed by atoms with Crippen LogP contribution < -0.4 is 5.32 Å². The third kappa shape index (κ3) is 7.16. The van der Waals surface area contributed by atoms with Crippen molar-refractivity contribution >= 4 is 29.9 Å². The number of aliphatic imine (C=N–C) groups is 1. The van der Waals surface area contributed by atoms with Gasteiger partial charge in [-0.2, -0.15) is 0 Å². The second kappa shape index (κ2) is 11.5. The molecule has 1 aliphatic heterocycles. The summed E-state index contributed by atoms with van der Waals surface area (Å²) in [6, 6.07) is 0. The summed E-state index contributed by atoms with van der Waals surface area (Å²) in [6.45, 7) is 6.46. The van der Waals surface area contributed by atoms with Crippen molar-refractivity contribution in [2.24, 2.45) is 22.7 Å². The second-order valence-electron chi connectivity index (χ2n) is 7.22. The highest BCUT2D eigenvalue weighted by molar-refractivity contribution is 14.0. The van der Waals surface area contributed by atoms with E-state index in [1.807, 2.05) is 7.05 Å². The van der Waals surface area contributed by atoms with E-state index in [4.69, 9.17) is 4.74 Å². The van der Waals surface area contributed by atoms with E-state index in [0.29, 0.717) is 0 Å². The molecule has 1 saturated heterocycles. The van der Waals surface area contributed by atoms with Crippen LogP contribution in [-0.4, -0.2) is 51.3 Å². The van der Waals surface area contributed by atoms with Crippen molar-refractivity contribution in [1.29, 1.82) is 0 Å². The number of hydrogen-bond donors (Lipinski definition) is 1. The third-order valence-electron chi connectivity index (χ3n) is 5.60. The lowest BCUT2D eigenvalue weighted by molar-refractivity contribution is 0.0625. The van der Waals surface area contributed by atoms with E-state index < -0.39 is 0 Å². The first-order chi connectivity index (χ1) is 10.7. The molecule has 2 fully saturated rings. The van der Waals surface area contributed by atoms with E-state index in [-0.39, 0.29) is 24.0 Å². The van der Waals surface area contributed by atoms with Crippen LogP contribution in [0.5, 0.6) is 0 Å². The molecule has 0 aromatic heterocycles. The van der Waals surface area contributed by atoms with E-state index >= 15 is 0 Å². The molecule has 2 rings (SSSR count). The molecule has 0 bridgehead atoms. The molecule has 23 heavy (non-hydrogen) atoms. The Morgan fingerprint density at radius 1 is 1.17 bits per heavy atom. The van der Waals surface area contributed by atoms with Gasteiger partial charge in [-0.15, -0.1) is 24.0 Å². The van der Waals surface area contributed by atoms with Gasteiger partial charge in [-0.25, -0.2) is 0 Å². The van der Waals surface area contributed by atoms with Crippen LogP contribution in [-0.2, 0) is 4.74 Å². The lowest BCUT2D eigenvalue weighted by atomic mass is 9.80. The quantitative estimate of drug-likeness (QED) is 0.404. The van der Waals surface area contributed by atoms with Crippen molar-refractivity contribution < 1.29 is 4.74 Å². The van der Waals surface area contributed by atoms with Crippen molar-refractivity contribution in [2.45, 2.75) is 51.9 Å². The first kappa shape index (κ1) is 21.0. The lowest BCUT2D eigenvalue weighted by Gasteiger charge is -2.31. The zero-order valence-corrected chi connectivity index (χ0v) is 17.6. The van der Waals surface area contributed by atoms with E-state index in [9.17, 15) is 0 Å². The molecule has 0 aromatic carbocycles. The average molecular weight is 437 g/mol. The highest BCUT2D eigenvalue weighted by atomic mass is 127. The molecule has 1 heterocycles. The number of ether oxygens (including phenoxy) is 1. The third-order valence-corrected chi connectivity index (χ3v) is 5.60. The molecule has 2 aliphatic rings. The Balaban J connectivity index is 0.00000264. The molecule has 0 radical (unpaired) electrons. The van der Waals surface area contributed by atoms with Crippen LogP contribution in [0.25, 0.3) is 0 Å². The van der Waals surface area contributed by atoms with Gasteiger partial charge in [0.2, 0.25) is 0 Å². The molecular formula is C18H36IN3O. The van der Waals surface area contributed by atoms with Gasteiger partial charge < -0.3 is 15.0 Å². The van der Waals surface area contributed by atoms with Crippen LogP contribution >= 0.6 is 24.0 Å². The maximum absolute atomic E-state index is 5.44. The van der Waals surface area contributed by atoms with Gasteiger partial charge in [0.05, 0.1) is 0 Å². The molecule has 1 saturated carbocycles. The van der Waals surface area contributed by atoms with Crippen molar-refractivity contribution in [2.75, 3.05) is 40.4 Å². The molecule has 5 heteroatoms. The van der Waals surface area contributed by atoms with Crippen LogP contribution in [0.3, 0.4) is 0 Å². The Kier molecular flexibility index (Phi) is 10.5. The summed E-state index contributed by atoms with van der Waals surface area (Å²) in [4.78, 5) is 6.76. The summed E-state index contributed by atoms with van der Waals surface area (Å²) < 4.78 is 5.44. The van der Waals surface area contributed by atoms with Gasteiger partial charge in [0, 0.05) is 40.4 Å². The molecule has 1 N–H and O–H groups in total. The van der Waals surface area contributed by atoms with E-state index in [0.717, 1.165) is 50.0 Å². The molecule has 0 amide bonds. The maximum Gasteiger partial charge on any atom is 0.193 e. The van der Waals surface area contributed by atoms with Crippen molar-refractivity contribution in [3.8, 4) is 0 Å². The zero-order valence-electron chi connectivity index (χ0n) is 15.2.